The second kappa shape index (κ2) is 11.0. The standard InChI is InChI=1S/C29H22O7/c1-33-23-15-7-3-11-19(23)27(30)21-13-5-9-17-25(21)35-29(32)36-26-18-10-6-14-22(26)28(31)20-12-4-8-16-24(20)34-2/h3-18H,1-2H3. The van der Waals surface area contributed by atoms with Gasteiger partial charge in [0.25, 0.3) is 0 Å². The maximum absolute atomic E-state index is 13.2. The number of rotatable bonds is 8. The topological polar surface area (TPSA) is 88.1 Å². The minimum Gasteiger partial charge on any atom is -0.496 e. The quantitative estimate of drug-likeness (QED) is 0.180. The fraction of sp³-hybridized carbons (Fsp3) is 0.0690. The van der Waals surface area contributed by atoms with Crippen LogP contribution < -0.4 is 18.9 Å². The third-order valence-electron chi connectivity index (χ3n) is 5.35. The van der Waals surface area contributed by atoms with Gasteiger partial charge in [-0.05, 0) is 48.5 Å². The second-order valence-corrected chi connectivity index (χ2v) is 7.51. The minimum atomic E-state index is -1.10. The van der Waals surface area contributed by atoms with Gasteiger partial charge in [0.1, 0.15) is 23.0 Å². The molecule has 0 saturated heterocycles. The van der Waals surface area contributed by atoms with E-state index in [0.717, 1.165) is 0 Å². The van der Waals surface area contributed by atoms with Gasteiger partial charge in [0, 0.05) is 0 Å². The van der Waals surface area contributed by atoms with Gasteiger partial charge in [0.15, 0.2) is 0 Å². The number of ether oxygens (including phenoxy) is 4. The number of benzene rings is 4. The van der Waals surface area contributed by atoms with Crippen molar-refractivity contribution in [2.45, 2.75) is 0 Å². The van der Waals surface area contributed by atoms with E-state index in [1.54, 1.807) is 72.8 Å². The van der Waals surface area contributed by atoms with Crippen LogP contribution in [0.4, 0.5) is 4.79 Å². The predicted octanol–water partition coefficient (Wildman–Crippen LogP) is 5.74. The fourth-order valence-electron chi connectivity index (χ4n) is 3.64. The first kappa shape index (κ1) is 24.2. The summed E-state index contributed by atoms with van der Waals surface area (Å²) in [6, 6.07) is 26.1. The first-order valence-electron chi connectivity index (χ1n) is 11.0. The second-order valence-electron chi connectivity index (χ2n) is 7.51. The zero-order valence-corrected chi connectivity index (χ0v) is 19.6. The third kappa shape index (κ3) is 5.10. The van der Waals surface area contributed by atoms with Gasteiger partial charge in [0.05, 0.1) is 36.5 Å². The van der Waals surface area contributed by atoms with E-state index < -0.39 is 6.16 Å². The molecule has 0 heterocycles. The highest BCUT2D eigenvalue weighted by Crippen LogP contribution is 2.29. The minimum absolute atomic E-state index is 0.00643. The molecule has 0 N–H and O–H groups in total. The molecule has 0 amide bonds. The van der Waals surface area contributed by atoms with Crippen LogP contribution in [0, 0.1) is 0 Å². The summed E-state index contributed by atoms with van der Waals surface area (Å²) in [7, 11) is 2.94. The molecule has 0 bridgehead atoms. The molecular weight excluding hydrogens is 460 g/mol. The first-order valence-corrected chi connectivity index (χ1v) is 11.0. The van der Waals surface area contributed by atoms with Crippen LogP contribution >= 0.6 is 0 Å². The fourth-order valence-corrected chi connectivity index (χ4v) is 3.64. The molecule has 0 saturated carbocycles. The SMILES string of the molecule is COc1ccccc1C(=O)c1ccccc1OC(=O)Oc1ccccc1C(=O)c1ccccc1OC. The lowest BCUT2D eigenvalue weighted by molar-refractivity contribution is 0.102. The van der Waals surface area contributed by atoms with Gasteiger partial charge < -0.3 is 18.9 Å². The van der Waals surface area contributed by atoms with Crippen molar-refractivity contribution in [2.24, 2.45) is 0 Å². The third-order valence-corrected chi connectivity index (χ3v) is 5.35. The molecule has 0 unspecified atom stereocenters. The van der Waals surface area contributed by atoms with Crippen molar-refractivity contribution in [2.75, 3.05) is 14.2 Å². The Morgan fingerprint density at radius 1 is 0.444 bits per heavy atom. The summed E-state index contributed by atoms with van der Waals surface area (Å²) in [4.78, 5) is 39.1. The molecule has 0 radical (unpaired) electrons. The molecule has 7 nitrogen and oxygen atoms in total. The van der Waals surface area contributed by atoms with Gasteiger partial charge in [-0.3, -0.25) is 9.59 Å². The lowest BCUT2D eigenvalue weighted by Crippen LogP contribution is -2.18. The molecule has 0 spiro atoms. The summed E-state index contributed by atoms with van der Waals surface area (Å²) in [5, 5.41) is 0. The number of carbonyl (C=O) groups excluding carboxylic acids is 3. The van der Waals surface area contributed by atoms with Crippen molar-refractivity contribution < 1.29 is 33.3 Å². The summed E-state index contributed by atoms with van der Waals surface area (Å²) < 4.78 is 21.3. The van der Waals surface area contributed by atoms with Crippen LogP contribution in [0.25, 0.3) is 0 Å². The highest BCUT2D eigenvalue weighted by atomic mass is 16.7. The summed E-state index contributed by atoms with van der Waals surface area (Å²) in [6.07, 6.45) is -1.10. The first-order chi connectivity index (χ1) is 17.5. The number of methoxy groups -OCH3 is 2. The van der Waals surface area contributed by atoms with E-state index in [0.29, 0.717) is 22.6 Å². The Hall–Kier alpha value is -4.91. The Morgan fingerprint density at radius 2 is 0.722 bits per heavy atom. The van der Waals surface area contributed by atoms with Gasteiger partial charge in [-0.1, -0.05) is 48.5 Å². The Bertz CT molecular complexity index is 1320. The van der Waals surface area contributed by atoms with Crippen molar-refractivity contribution in [1.29, 1.82) is 0 Å². The number of hydrogen-bond acceptors (Lipinski definition) is 7. The Kier molecular flexibility index (Phi) is 7.41. The molecule has 4 aromatic carbocycles. The number of hydrogen-bond donors (Lipinski definition) is 0. The molecule has 180 valence electrons. The monoisotopic (exact) mass is 482 g/mol. The maximum atomic E-state index is 13.2. The highest BCUT2D eigenvalue weighted by molar-refractivity contribution is 6.13. The van der Waals surface area contributed by atoms with Gasteiger partial charge in [-0.25, -0.2) is 4.79 Å². The van der Waals surface area contributed by atoms with Crippen molar-refractivity contribution in [3.05, 3.63) is 119 Å². The van der Waals surface area contributed by atoms with E-state index in [1.807, 2.05) is 0 Å². The van der Waals surface area contributed by atoms with E-state index in [2.05, 4.69) is 0 Å². The van der Waals surface area contributed by atoms with Crippen molar-refractivity contribution in [3.63, 3.8) is 0 Å². The molecule has 0 aliphatic heterocycles. The summed E-state index contributed by atoms with van der Waals surface area (Å²) >= 11 is 0. The van der Waals surface area contributed by atoms with E-state index >= 15 is 0 Å². The number of para-hydroxylation sites is 4. The van der Waals surface area contributed by atoms with Gasteiger partial charge in [-0.2, -0.15) is 0 Å². The van der Waals surface area contributed by atoms with E-state index in [9.17, 15) is 14.4 Å². The van der Waals surface area contributed by atoms with Crippen LogP contribution in [0.15, 0.2) is 97.1 Å². The molecule has 4 rings (SSSR count). The average Bonchev–Trinajstić information content (AvgIpc) is 2.92. The van der Waals surface area contributed by atoms with E-state index in [1.165, 1.54) is 38.5 Å². The molecule has 36 heavy (non-hydrogen) atoms. The van der Waals surface area contributed by atoms with Crippen LogP contribution in [0.3, 0.4) is 0 Å². The smallest absolute Gasteiger partial charge is 0.496 e. The molecule has 0 aromatic heterocycles. The van der Waals surface area contributed by atoms with Crippen LogP contribution in [0.2, 0.25) is 0 Å². The van der Waals surface area contributed by atoms with Gasteiger partial charge >= 0.3 is 6.16 Å². The summed E-state index contributed by atoms with van der Waals surface area (Å²) in [5.41, 5.74) is 0.934. The maximum Gasteiger partial charge on any atom is 0.519 e. The zero-order valence-electron chi connectivity index (χ0n) is 19.6. The van der Waals surface area contributed by atoms with Gasteiger partial charge in [0.2, 0.25) is 11.6 Å². The normalized spacial score (nSPS) is 10.3. The summed E-state index contributed by atoms with van der Waals surface area (Å²) in [6.45, 7) is 0. The number of ketones is 2. The van der Waals surface area contributed by atoms with E-state index in [4.69, 9.17) is 18.9 Å². The van der Waals surface area contributed by atoms with Crippen LogP contribution in [0.1, 0.15) is 31.8 Å². The lowest BCUT2D eigenvalue weighted by atomic mass is 10.0. The Morgan fingerprint density at radius 3 is 1.06 bits per heavy atom. The largest absolute Gasteiger partial charge is 0.519 e. The molecule has 0 atom stereocenters. The molecule has 7 heteroatoms. The molecule has 0 aliphatic rings. The molecule has 4 aromatic rings. The van der Waals surface area contributed by atoms with Gasteiger partial charge in [-0.15, -0.1) is 0 Å². The Balaban J connectivity index is 1.58. The lowest BCUT2D eigenvalue weighted by Gasteiger charge is -2.13. The predicted molar refractivity (Wildman–Crippen MR) is 132 cm³/mol. The molecule has 0 fully saturated rings. The van der Waals surface area contributed by atoms with Crippen molar-refractivity contribution in [3.8, 4) is 23.0 Å². The van der Waals surface area contributed by atoms with Crippen LogP contribution in [-0.4, -0.2) is 31.9 Å². The van der Waals surface area contributed by atoms with Crippen molar-refractivity contribution >= 4 is 17.7 Å². The molecule has 0 aliphatic carbocycles. The van der Waals surface area contributed by atoms with E-state index in [-0.39, 0.29) is 34.2 Å². The molecular formula is C29H22O7. The highest BCUT2D eigenvalue weighted by Gasteiger charge is 2.23. The van der Waals surface area contributed by atoms with Crippen LogP contribution in [-0.2, 0) is 0 Å². The Labute approximate surface area is 207 Å². The zero-order chi connectivity index (χ0) is 25.5. The summed E-state index contributed by atoms with van der Waals surface area (Å²) in [5.74, 6) is 0.0244. The number of carbonyl (C=O) groups is 3. The average molecular weight is 482 g/mol. The van der Waals surface area contributed by atoms with Crippen LogP contribution in [0.5, 0.6) is 23.0 Å². The van der Waals surface area contributed by atoms with Crippen molar-refractivity contribution in [1.82, 2.24) is 0 Å².